The second-order valence-corrected chi connectivity index (χ2v) is 8.14. The number of ketones is 1. The number of hydrogen-bond acceptors (Lipinski definition) is 5. The Kier molecular flexibility index (Phi) is 6.85. The molecular formula is C22H24ClFN2O4. The van der Waals surface area contributed by atoms with Crippen molar-refractivity contribution < 1.29 is 19.2 Å². The molecule has 3 rings (SSSR count). The fraction of sp³-hybridized carbons (Fsp3) is 0.409. The number of Topliss-reactive ketones (excluding diaryl/α,β-unsaturated/α-hetero) is 1. The van der Waals surface area contributed by atoms with E-state index in [2.05, 4.69) is 0 Å². The lowest BCUT2D eigenvalue weighted by Crippen LogP contribution is -2.47. The number of aliphatic hydroxyl groups is 1. The Labute approximate surface area is 179 Å². The monoisotopic (exact) mass is 434 g/mol. The molecule has 1 aliphatic rings. The number of carbonyl (C=O) groups excluding carboxylic acids is 1. The van der Waals surface area contributed by atoms with E-state index >= 15 is 0 Å². The van der Waals surface area contributed by atoms with Crippen LogP contribution >= 0.6 is 11.6 Å². The van der Waals surface area contributed by atoms with Crippen LogP contribution in [0.4, 0.5) is 4.39 Å². The predicted molar refractivity (Wildman–Crippen MR) is 112 cm³/mol. The van der Waals surface area contributed by atoms with Gasteiger partial charge in [-0.2, -0.15) is 0 Å². The van der Waals surface area contributed by atoms with Gasteiger partial charge < -0.3 is 5.11 Å². The number of halogens is 2. The van der Waals surface area contributed by atoms with Crippen molar-refractivity contribution in [2.24, 2.45) is 0 Å². The predicted octanol–water partition coefficient (Wildman–Crippen LogP) is 4.15. The molecule has 0 spiro atoms. The topological polar surface area (TPSA) is 83.7 Å². The van der Waals surface area contributed by atoms with Crippen molar-refractivity contribution >= 4 is 17.4 Å². The number of rotatable bonds is 7. The van der Waals surface area contributed by atoms with Crippen LogP contribution in [-0.4, -0.2) is 46.1 Å². The normalized spacial score (nSPS) is 18.5. The van der Waals surface area contributed by atoms with Gasteiger partial charge in [0.25, 0.3) is 6.04 Å². The third-order valence-corrected chi connectivity index (χ3v) is 6.17. The smallest absolute Gasteiger partial charge is 0.278 e. The van der Waals surface area contributed by atoms with Gasteiger partial charge in [0.15, 0.2) is 6.30 Å². The lowest BCUT2D eigenvalue weighted by Gasteiger charge is -2.40. The van der Waals surface area contributed by atoms with Crippen LogP contribution in [0.3, 0.4) is 0 Å². The van der Waals surface area contributed by atoms with Crippen LogP contribution in [-0.2, 0) is 5.60 Å². The van der Waals surface area contributed by atoms with Crippen molar-refractivity contribution in [1.82, 2.24) is 4.90 Å². The summed E-state index contributed by atoms with van der Waals surface area (Å²) in [5, 5.41) is 23.0. The third kappa shape index (κ3) is 4.86. The standard InChI is InChI=1S/C22H24ClFN2O4/c1-15-7-8-17(13-18(15)23)22(28)9-11-25(12-10-22)20(24)14-19(26(29)30)21(27)16-5-3-2-4-6-16/h2-8,13,19-20,28H,9-12,14H2,1H3. The summed E-state index contributed by atoms with van der Waals surface area (Å²) in [4.78, 5) is 24.6. The number of nitrogens with zero attached hydrogens (tertiary/aromatic N) is 2. The molecule has 2 unspecified atom stereocenters. The second kappa shape index (κ2) is 9.20. The number of nitro groups is 1. The number of carbonyl (C=O) groups is 1. The lowest BCUT2D eigenvalue weighted by atomic mass is 9.84. The van der Waals surface area contributed by atoms with E-state index in [4.69, 9.17) is 11.6 Å². The lowest BCUT2D eigenvalue weighted by molar-refractivity contribution is -0.508. The van der Waals surface area contributed by atoms with Gasteiger partial charge >= 0.3 is 0 Å². The third-order valence-electron chi connectivity index (χ3n) is 5.76. The van der Waals surface area contributed by atoms with E-state index in [9.17, 15) is 24.4 Å². The Morgan fingerprint density at radius 3 is 2.47 bits per heavy atom. The Morgan fingerprint density at radius 2 is 1.90 bits per heavy atom. The van der Waals surface area contributed by atoms with Crippen LogP contribution in [0.25, 0.3) is 0 Å². The number of aryl methyl sites for hydroxylation is 1. The van der Waals surface area contributed by atoms with E-state index in [-0.39, 0.29) is 31.5 Å². The highest BCUT2D eigenvalue weighted by molar-refractivity contribution is 6.31. The average Bonchev–Trinajstić information content (AvgIpc) is 2.74. The molecule has 160 valence electrons. The molecule has 1 fully saturated rings. The molecule has 0 saturated carbocycles. The highest BCUT2D eigenvalue weighted by Crippen LogP contribution is 2.35. The fourth-order valence-electron chi connectivity index (χ4n) is 3.76. The summed E-state index contributed by atoms with van der Waals surface area (Å²) >= 11 is 6.16. The summed E-state index contributed by atoms with van der Waals surface area (Å²) in [6.45, 7) is 2.30. The van der Waals surface area contributed by atoms with E-state index in [1.807, 2.05) is 19.1 Å². The zero-order valence-corrected chi connectivity index (χ0v) is 17.4. The van der Waals surface area contributed by atoms with E-state index < -0.39 is 35.1 Å². The zero-order chi connectivity index (χ0) is 21.9. The maximum absolute atomic E-state index is 14.9. The van der Waals surface area contributed by atoms with Crippen molar-refractivity contribution in [2.45, 2.75) is 44.1 Å². The van der Waals surface area contributed by atoms with Crippen molar-refractivity contribution in [3.05, 3.63) is 80.4 Å². The van der Waals surface area contributed by atoms with Crippen LogP contribution in [0, 0.1) is 17.0 Å². The van der Waals surface area contributed by atoms with E-state index in [0.29, 0.717) is 10.6 Å². The summed E-state index contributed by atoms with van der Waals surface area (Å²) in [5.74, 6) is -0.703. The molecule has 0 radical (unpaired) electrons. The van der Waals surface area contributed by atoms with Crippen LogP contribution in [0.2, 0.25) is 5.02 Å². The van der Waals surface area contributed by atoms with Gasteiger partial charge in [0.1, 0.15) is 0 Å². The molecule has 1 N–H and O–H groups in total. The first-order valence-corrected chi connectivity index (χ1v) is 10.2. The van der Waals surface area contributed by atoms with Gasteiger partial charge in [-0.05, 0) is 37.0 Å². The highest BCUT2D eigenvalue weighted by Gasteiger charge is 2.40. The summed E-state index contributed by atoms with van der Waals surface area (Å²) in [6, 6.07) is 11.6. The SMILES string of the molecule is Cc1ccc(C2(O)CCN(C(F)CC(C(=O)c3ccccc3)[N+](=O)[O-])CC2)cc1Cl. The summed E-state index contributed by atoms with van der Waals surface area (Å²) in [7, 11) is 0. The number of likely N-dealkylation sites (tertiary alicyclic amines) is 1. The number of piperidine rings is 1. The quantitative estimate of drug-likeness (QED) is 0.306. The minimum absolute atomic E-state index is 0.190. The maximum Gasteiger partial charge on any atom is 0.278 e. The average molecular weight is 435 g/mol. The Bertz CT molecular complexity index is 917. The van der Waals surface area contributed by atoms with E-state index in [0.717, 1.165) is 5.56 Å². The molecule has 8 heteroatoms. The number of hydrogen-bond donors (Lipinski definition) is 1. The van der Waals surface area contributed by atoms with E-state index in [1.165, 1.54) is 17.0 Å². The summed E-state index contributed by atoms with van der Waals surface area (Å²) in [5.41, 5.74) is 0.640. The van der Waals surface area contributed by atoms with Crippen LogP contribution in [0.1, 0.15) is 40.7 Å². The molecule has 6 nitrogen and oxygen atoms in total. The largest absolute Gasteiger partial charge is 0.385 e. The molecule has 2 aromatic carbocycles. The van der Waals surface area contributed by atoms with Crippen molar-refractivity contribution in [1.29, 1.82) is 0 Å². The highest BCUT2D eigenvalue weighted by atomic mass is 35.5. The molecule has 0 aliphatic carbocycles. The molecule has 1 heterocycles. The van der Waals surface area contributed by atoms with Gasteiger partial charge in [0, 0.05) is 28.6 Å². The first-order chi connectivity index (χ1) is 14.2. The molecule has 0 amide bonds. The van der Waals surface area contributed by atoms with Crippen molar-refractivity contribution in [3.63, 3.8) is 0 Å². The van der Waals surface area contributed by atoms with Gasteiger partial charge in [0.2, 0.25) is 5.78 Å². The Balaban J connectivity index is 1.65. The first kappa shape index (κ1) is 22.3. The summed E-state index contributed by atoms with van der Waals surface area (Å²) < 4.78 is 14.9. The molecule has 0 bridgehead atoms. The minimum atomic E-state index is -1.65. The molecule has 30 heavy (non-hydrogen) atoms. The molecule has 1 aliphatic heterocycles. The maximum atomic E-state index is 14.9. The molecular weight excluding hydrogens is 411 g/mol. The zero-order valence-electron chi connectivity index (χ0n) is 16.6. The van der Waals surface area contributed by atoms with Gasteiger partial charge in [0.05, 0.1) is 12.0 Å². The summed E-state index contributed by atoms with van der Waals surface area (Å²) in [6.07, 6.45) is -1.65. The van der Waals surface area contributed by atoms with Crippen molar-refractivity contribution in [3.8, 4) is 0 Å². The van der Waals surface area contributed by atoms with Crippen LogP contribution in [0.15, 0.2) is 48.5 Å². The van der Waals surface area contributed by atoms with Gasteiger partial charge in [-0.1, -0.05) is 54.1 Å². The number of alkyl halides is 1. The first-order valence-electron chi connectivity index (χ1n) is 9.81. The van der Waals surface area contributed by atoms with Gasteiger partial charge in [-0.15, -0.1) is 0 Å². The molecule has 1 saturated heterocycles. The molecule has 2 atom stereocenters. The fourth-order valence-corrected chi connectivity index (χ4v) is 3.94. The number of benzene rings is 2. The molecule has 2 aromatic rings. The van der Waals surface area contributed by atoms with E-state index in [1.54, 1.807) is 24.3 Å². The Hall–Kier alpha value is -2.35. The minimum Gasteiger partial charge on any atom is -0.385 e. The van der Waals surface area contributed by atoms with Gasteiger partial charge in [-0.3, -0.25) is 19.8 Å². The van der Waals surface area contributed by atoms with Crippen molar-refractivity contribution in [2.75, 3.05) is 13.1 Å². The second-order valence-electron chi connectivity index (χ2n) is 7.73. The van der Waals surface area contributed by atoms with Gasteiger partial charge in [-0.25, -0.2) is 4.39 Å². The van der Waals surface area contributed by atoms with Crippen LogP contribution < -0.4 is 0 Å². The molecule has 0 aromatic heterocycles. The van der Waals surface area contributed by atoms with Crippen LogP contribution in [0.5, 0.6) is 0 Å². The Morgan fingerprint density at radius 1 is 1.27 bits per heavy atom.